The summed E-state index contributed by atoms with van der Waals surface area (Å²) in [5, 5.41) is 20.3. The highest BCUT2D eigenvalue weighted by molar-refractivity contribution is 6.67. The molecular formula is C18H21Cl3N2O6. The predicted molar refractivity (Wildman–Crippen MR) is 115 cm³/mol. The van der Waals surface area contributed by atoms with Crippen molar-refractivity contribution in [3.8, 4) is 23.0 Å². The molecule has 0 bridgehead atoms. The van der Waals surface area contributed by atoms with Crippen LogP contribution in [-0.4, -0.2) is 47.3 Å². The van der Waals surface area contributed by atoms with Crippen molar-refractivity contribution < 1.29 is 29.3 Å². The van der Waals surface area contributed by atoms with Gasteiger partial charge in [-0.05, 0) is 35.9 Å². The molecule has 0 fully saturated rings. The SMILES string of the molecule is COc1cc(N)ccc1O.COc1cc(NC(=O)CCl)ccc1O.O=C(Cl)CCl. The molecule has 11 heteroatoms. The minimum absolute atomic E-state index is 0.0244. The number of hydrogen-bond acceptors (Lipinski definition) is 7. The molecule has 160 valence electrons. The molecule has 0 atom stereocenters. The van der Waals surface area contributed by atoms with Gasteiger partial charge < -0.3 is 30.7 Å². The Morgan fingerprint density at radius 3 is 1.86 bits per heavy atom. The highest BCUT2D eigenvalue weighted by Crippen LogP contribution is 2.28. The lowest BCUT2D eigenvalue weighted by atomic mass is 10.3. The van der Waals surface area contributed by atoms with Crippen LogP contribution >= 0.6 is 34.8 Å². The number of ether oxygens (including phenoxy) is 2. The molecule has 2 aromatic rings. The van der Waals surface area contributed by atoms with E-state index in [1.807, 2.05) is 0 Å². The van der Waals surface area contributed by atoms with E-state index in [1.54, 1.807) is 18.2 Å². The van der Waals surface area contributed by atoms with Crippen molar-refractivity contribution in [1.29, 1.82) is 0 Å². The van der Waals surface area contributed by atoms with Gasteiger partial charge in [-0.3, -0.25) is 9.59 Å². The number of hydrogen-bond donors (Lipinski definition) is 4. The predicted octanol–water partition coefficient (Wildman–Crippen LogP) is 3.55. The Balaban J connectivity index is 0.000000455. The van der Waals surface area contributed by atoms with Crippen LogP contribution in [0.15, 0.2) is 36.4 Å². The highest BCUT2D eigenvalue weighted by atomic mass is 35.5. The molecule has 0 unspecified atom stereocenters. The van der Waals surface area contributed by atoms with Crippen molar-refractivity contribution in [2.24, 2.45) is 0 Å². The Morgan fingerprint density at radius 1 is 0.966 bits per heavy atom. The van der Waals surface area contributed by atoms with Crippen LogP contribution in [0.5, 0.6) is 23.0 Å². The second-order valence-corrected chi connectivity index (χ2v) is 5.94. The van der Waals surface area contributed by atoms with Crippen LogP contribution in [0, 0.1) is 0 Å². The topological polar surface area (TPSA) is 131 Å². The van der Waals surface area contributed by atoms with Crippen LogP contribution in [0.4, 0.5) is 11.4 Å². The molecule has 5 N–H and O–H groups in total. The first-order valence-corrected chi connectivity index (χ1v) is 9.22. The Bertz CT molecular complexity index is 805. The van der Waals surface area contributed by atoms with Crippen molar-refractivity contribution in [2.75, 3.05) is 37.0 Å². The first-order chi connectivity index (χ1) is 13.7. The molecule has 0 aliphatic rings. The van der Waals surface area contributed by atoms with Gasteiger partial charge >= 0.3 is 0 Å². The average molecular weight is 468 g/mol. The summed E-state index contributed by atoms with van der Waals surface area (Å²) in [6.45, 7) is 0. The van der Waals surface area contributed by atoms with Crippen molar-refractivity contribution >= 4 is 57.3 Å². The van der Waals surface area contributed by atoms with Crippen LogP contribution in [0.25, 0.3) is 0 Å². The Morgan fingerprint density at radius 2 is 1.45 bits per heavy atom. The van der Waals surface area contributed by atoms with Gasteiger partial charge in [0, 0.05) is 23.5 Å². The fraction of sp³-hybridized carbons (Fsp3) is 0.222. The normalized spacial score (nSPS) is 9.14. The van der Waals surface area contributed by atoms with Gasteiger partial charge in [-0.25, -0.2) is 0 Å². The van der Waals surface area contributed by atoms with Crippen LogP contribution < -0.4 is 20.5 Å². The molecule has 0 saturated heterocycles. The molecule has 0 aliphatic carbocycles. The number of phenolic OH excluding ortho intramolecular Hbond substituents is 2. The number of halogens is 3. The minimum atomic E-state index is -0.508. The van der Waals surface area contributed by atoms with E-state index in [1.165, 1.54) is 32.4 Å². The maximum Gasteiger partial charge on any atom is 0.239 e. The first-order valence-electron chi connectivity index (χ1n) is 7.78. The maximum atomic E-state index is 10.9. The van der Waals surface area contributed by atoms with E-state index in [0.717, 1.165) is 0 Å². The number of rotatable bonds is 5. The molecular weight excluding hydrogens is 447 g/mol. The van der Waals surface area contributed by atoms with E-state index in [4.69, 9.17) is 55.1 Å². The number of carbonyl (C=O) groups is 2. The van der Waals surface area contributed by atoms with Gasteiger partial charge in [0.1, 0.15) is 5.88 Å². The standard InChI is InChI=1S/C9H10ClNO3.C7H9NO2.C2H2Cl2O/c1-14-8-4-6(2-3-7(8)12)11-9(13)5-10;1-10-7-4-5(8)2-3-6(7)9;3-1-2(4)5/h2-4,12H,5H2,1H3,(H,11,13);2-4,9H,8H2,1H3;1H2. The van der Waals surface area contributed by atoms with Gasteiger partial charge in [-0.2, -0.15) is 0 Å². The zero-order valence-corrected chi connectivity index (χ0v) is 17.9. The number of benzene rings is 2. The Labute approximate surface area is 183 Å². The number of phenols is 2. The Hall–Kier alpha value is -2.55. The summed E-state index contributed by atoms with van der Waals surface area (Å²) in [6, 6.07) is 9.17. The van der Waals surface area contributed by atoms with E-state index in [9.17, 15) is 14.7 Å². The minimum Gasteiger partial charge on any atom is -0.504 e. The fourth-order valence-corrected chi connectivity index (χ4v) is 1.71. The van der Waals surface area contributed by atoms with Crippen LogP contribution in [0.1, 0.15) is 0 Å². The summed E-state index contributed by atoms with van der Waals surface area (Å²) in [5.74, 6) is 0.329. The first kappa shape index (κ1) is 26.4. The smallest absolute Gasteiger partial charge is 0.239 e. The summed E-state index contributed by atoms with van der Waals surface area (Å²) < 4.78 is 9.66. The molecule has 0 heterocycles. The van der Waals surface area contributed by atoms with Gasteiger partial charge in [-0.1, -0.05) is 0 Å². The number of nitrogens with one attached hydrogen (secondary N) is 1. The average Bonchev–Trinajstić information content (AvgIpc) is 2.71. The molecule has 0 aliphatic heterocycles. The Kier molecular flexibility index (Phi) is 13.2. The zero-order valence-electron chi connectivity index (χ0n) is 15.6. The maximum absolute atomic E-state index is 10.9. The van der Waals surface area contributed by atoms with Crippen molar-refractivity contribution in [3.63, 3.8) is 0 Å². The number of anilines is 2. The van der Waals surface area contributed by atoms with Crippen molar-refractivity contribution in [2.45, 2.75) is 0 Å². The second kappa shape index (κ2) is 14.4. The van der Waals surface area contributed by atoms with Crippen LogP contribution in [0.3, 0.4) is 0 Å². The summed E-state index contributed by atoms with van der Waals surface area (Å²) in [7, 11) is 2.91. The summed E-state index contributed by atoms with van der Waals surface area (Å²) in [5.41, 5.74) is 6.52. The molecule has 8 nitrogen and oxygen atoms in total. The monoisotopic (exact) mass is 466 g/mol. The number of amides is 1. The van der Waals surface area contributed by atoms with E-state index < -0.39 is 5.24 Å². The largest absolute Gasteiger partial charge is 0.504 e. The molecule has 2 aromatic carbocycles. The highest BCUT2D eigenvalue weighted by Gasteiger charge is 2.04. The zero-order chi connectivity index (χ0) is 22.4. The number of nitrogen functional groups attached to an aromatic ring is 1. The van der Waals surface area contributed by atoms with Crippen LogP contribution in [-0.2, 0) is 9.59 Å². The van der Waals surface area contributed by atoms with E-state index in [2.05, 4.69) is 5.32 Å². The fourth-order valence-electron chi connectivity index (χ4n) is 1.64. The third kappa shape index (κ3) is 11.1. The quantitative estimate of drug-likeness (QED) is 0.229. The van der Waals surface area contributed by atoms with E-state index >= 15 is 0 Å². The van der Waals surface area contributed by atoms with Gasteiger partial charge in [0.2, 0.25) is 11.1 Å². The van der Waals surface area contributed by atoms with Gasteiger partial charge in [0.05, 0.1) is 20.1 Å². The van der Waals surface area contributed by atoms with Crippen LogP contribution in [0.2, 0.25) is 0 Å². The van der Waals surface area contributed by atoms with Crippen molar-refractivity contribution in [3.05, 3.63) is 36.4 Å². The number of nitrogens with two attached hydrogens (primary N) is 1. The molecule has 2 rings (SSSR count). The van der Waals surface area contributed by atoms with E-state index in [0.29, 0.717) is 22.9 Å². The molecule has 0 spiro atoms. The number of alkyl halides is 2. The summed E-state index contributed by atoms with van der Waals surface area (Å²) in [6.07, 6.45) is 0. The third-order valence-electron chi connectivity index (χ3n) is 2.89. The molecule has 0 saturated carbocycles. The van der Waals surface area contributed by atoms with Gasteiger partial charge in [0.15, 0.2) is 23.0 Å². The molecule has 29 heavy (non-hydrogen) atoms. The number of aromatic hydroxyl groups is 2. The lowest BCUT2D eigenvalue weighted by molar-refractivity contribution is -0.114. The summed E-state index contributed by atoms with van der Waals surface area (Å²) in [4.78, 5) is 20.4. The van der Waals surface area contributed by atoms with Gasteiger partial charge in [0.25, 0.3) is 0 Å². The van der Waals surface area contributed by atoms with Gasteiger partial charge in [-0.15, -0.1) is 23.2 Å². The third-order valence-corrected chi connectivity index (χ3v) is 3.65. The summed E-state index contributed by atoms with van der Waals surface area (Å²) >= 11 is 14.9. The number of methoxy groups -OCH3 is 2. The molecule has 1 amide bonds. The van der Waals surface area contributed by atoms with E-state index in [-0.39, 0.29) is 29.2 Å². The lowest BCUT2D eigenvalue weighted by Gasteiger charge is -2.06. The van der Waals surface area contributed by atoms with Crippen molar-refractivity contribution in [1.82, 2.24) is 0 Å². The number of carbonyl (C=O) groups excluding carboxylic acids is 2. The molecule has 0 radical (unpaired) electrons. The molecule has 0 aromatic heterocycles. The second-order valence-electron chi connectivity index (χ2n) is 4.99. The lowest BCUT2D eigenvalue weighted by Crippen LogP contribution is -2.12.